The van der Waals surface area contributed by atoms with E-state index in [1.807, 2.05) is 0 Å². The van der Waals surface area contributed by atoms with E-state index in [1.165, 1.54) is 6.42 Å². The second-order valence-corrected chi connectivity index (χ2v) is 4.77. The Hall–Kier alpha value is -0.610. The average Bonchev–Trinajstić information content (AvgIpc) is 2.14. The summed E-state index contributed by atoms with van der Waals surface area (Å²) in [5.74, 6) is -0.0841. The van der Waals surface area contributed by atoms with E-state index in [0.29, 0.717) is 12.0 Å². The largest absolute Gasteiger partial charge is 0.480 e. The maximum absolute atomic E-state index is 10.4. The summed E-state index contributed by atoms with van der Waals surface area (Å²) in [5.41, 5.74) is 0. The fourth-order valence-electron chi connectivity index (χ4n) is 2.14. The van der Waals surface area contributed by atoms with Crippen molar-refractivity contribution in [3.05, 3.63) is 0 Å². The van der Waals surface area contributed by atoms with Crippen molar-refractivity contribution >= 4 is 5.97 Å². The summed E-state index contributed by atoms with van der Waals surface area (Å²) in [5, 5.41) is 11.7. The molecule has 0 radical (unpaired) electrons. The van der Waals surface area contributed by atoms with Crippen molar-refractivity contribution < 1.29 is 9.90 Å². The molecule has 4 nitrogen and oxygen atoms in total. The second kappa shape index (κ2) is 6.08. The molecule has 1 aliphatic heterocycles. The molecule has 0 spiro atoms. The summed E-state index contributed by atoms with van der Waals surface area (Å²) in [6.07, 6.45) is 2.27. The molecule has 0 amide bonds. The molecule has 1 heterocycles. The Morgan fingerprint density at radius 2 is 2.33 bits per heavy atom. The standard InChI is InChI=1S/C11H22N2O2/c1-9(2)7-13-5-3-4-10(8-13)12-6-11(14)15/h9-10,12H,3-8H2,1-2H3,(H,14,15). The fraction of sp³-hybridized carbons (Fsp3) is 0.909. The number of rotatable bonds is 5. The Labute approximate surface area is 91.6 Å². The highest BCUT2D eigenvalue weighted by Crippen LogP contribution is 2.11. The van der Waals surface area contributed by atoms with Crippen LogP contribution in [0.5, 0.6) is 0 Å². The van der Waals surface area contributed by atoms with E-state index >= 15 is 0 Å². The van der Waals surface area contributed by atoms with Crippen molar-refractivity contribution in [1.29, 1.82) is 0 Å². The summed E-state index contributed by atoms with van der Waals surface area (Å²) in [6, 6.07) is 0.355. The number of nitrogens with one attached hydrogen (secondary N) is 1. The molecule has 15 heavy (non-hydrogen) atoms. The van der Waals surface area contributed by atoms with Gasteiger partial charge in [0.2, 0.25) is 0 Å². The van der Waals surface area contributed by atoms with E-state index in [9.17, 15) is 4.79 Å². The molecule has 1 aliphatic rings. The van der Waals surface area contributed by atoms with Crippen molar-refractivity contribution in [2.24, 2.45) is 5.92 Å². The number of carboxylic acids is 1. The van der Waals surface area contributed by atoms with Gasteiger partial charge < -0.3 is 15.3 Å². The Kier molecular flexibility index (Phi) is 5.05. The zero-order chi connectivity index (χ0) is 11.3. The minimum atomic E-state index is -0.768. The van der Waals surface area contributed by atoms with E-state index in [0.717, 1.165) is 26.1 Å². The molecule has 2 N–H and O–H groups in total. The number of carbonyl (C=O) groups is 1. The third-order valence-electron chi connectivity index (χ3n) is 2.67. The summed E-state index contributed by atoms with van der Waals surface area (Å²) >= 11 is 0. The van der Waals surface area contributed by atoms with Gasteiger partial charge in [0.1, 0.15) is 0 Å². The number of nitrogens with zero attached hydrogens (tertiary/aromatic N) is 1. The molecular weight excluding hydrogens is 192 g/mol. The molecule has 1 rings (SSSR count). The van der Waals surface area contributed by atoms with Crippen LogP contribution >= 0.6 is 0 Å². The van der Waals surface area contributed by atoms with Gasteiger partial charge in [0.15, 0.2) is 0 Å². The lowest BCUT2D eigenvalue weighted by molar-refractivity contribution is -0.136. The summed E-state index contributed by atoms with van der Waals surface area (Å²) in [6.45, 7) is 7.78. The van der Waals surface area contributed by atoms with Crippen molar-refractivity contribution in [2.45, 2.75) is 32.7 Å². The van der Waals surface area contributed by atoms with Crippen molar-refractivity contribution in [1.82, 2.24) is 10.2 Å². The van der Waals surface area contributed by atoms with Crippen LogP contribution in [-0.4, -0.2) is 48.2 Å². The van der Waals surface area contributed by atoms with Crippen LogP contribution in [0.25, 0.3) is 0 Å². The van der Waals surface area contributed by atoms with E-state index in [1.54, 1.807) is 0 Å². The minimum absolute atomic E-state index is 0.0835. The third-order valence-corrected chi connectivity index (χ3v) is 2.67. The van der Waals surface area contributed by atoms with Gasteiger partial charge in [-0.2, -0.15) is 0 Å². The van der Waals surface area contributed by atoms with Gasteiger partial charge in [-0.15, -0.1) is 0 Å². The predicted molar refractivity (Wildman–Crippen MR) is 59.9 cm³/mol. The average molecular weight is 214 g/mol. The number of hydrogen-bond donors (Lipinski definition) is 2. The lowest BCUT2D eigenvalue weighted by Gasteiger charge is -2.33. The molecule has 0 aromatic carbocycles. The highest BCUT2D eigenvalue weighted by molar-refractivity contribution is 5.69. The normalized spacial score (nSPS) is 23.3. The molecular formula is C11H22N2O2. The molecule has 0 aliphatic carbocycles. The molecule has 4 heteroatoms. The number of carboxylic acid groups (broad SMARTS) is 1. The van der Waals surface area contributed by atoms with Crippen molar-refractivity contribution in [3.8, 4) is 0 Å². The van der Waals surface area contributed by atoms with Crippen molar-refractivity contribution in [2.75, 3.05) is 26.2 Å². The zero-order valence-electron chi connectivity index (χ0n) is 9.70. The van der Waals surface area contributed by atoms with E-state index in [-0.39, 0.29) is 6.54 Å². The number of likely N-dealkylation sites (tertiary alicyclic amines) is 1. The van der Waals surface area contributed by atoms with Gasteiger partial charge in [-0.1, -0.05) is 13.8 Å². The maximum atomic E-state index is 10.4. The molecule has 1 saturated heterocycles. The highest BCUT2D eigenvalue weighted by Gasteiger charge is 2.20. The number of hydrogen-bond acceptors (Lipinski definition) is 3. The summed E-state index contributed by atoms with van der Waals surface area (Å²) in [7, 11) is 0. The van der Waals surface area contributed by atoms with Crippen LogP contribution in [0.1, 0.15) is 26.7 Å². The first-order valence-electron chi connectivity index (χ1n) is 5.75. The quantitative estimate of drug-likeness (QED) is 0.710. The van der Waals surface area contributed by atoms with Gasteiger partial charge in [-0.25, -0.2) is 0 Å². The van der Waals surface area contributed by atoms with Crippen LogP contribution in [0.4, 0.5) is 0 Å². The fourth-order valence-corrected chi connectivity index (χ4v) is 2.14. The van der Waals surface area contributed by atoms with Gasteiger partial charge in [0, 0.05) is 19.1 Å². The Morgan fingerprint density at radius 3 is 2.93 bits per heavy atom. The molecule has 0 saturated carbocycles. The summed E-state index contributed by atoms with van der Waals surface area (Å²) < 4.78 is 0. The van der Waals surface area contributed by atoms with Gasteiger partial charge in [0.25, 0.3) is 0 Å². The topological polar surface area (TPSA) is 52.6 Å². The lowest BCUT2D eigenvalue weighted by atomic mass is 10.0. The van der Waals surface area contributed by atoms with Crippen LogP contribution in [0.2, 0.25) is 0 Å². The predicted octanol–water partition coefficient (Wildman–Crippen LogP) is 0.781. The van der Waals surface area contributed by atoms with Crippen LogP contribution in [0, 0.1) is 5.92 Å². The Morgan fingerprint density at radius 1 is 1.60 bits per heavy atom. The van der Waals surface area contributed by atoms with E-state index in [4.69, 9.17) is 5.11 Å². The molecule has 1 unspecified atom stereocenters. The maximum Gasteiger partial charge on any atom is 0.317 e. The van der Waals surface area contributed by atoms with Gasteiger partial charge in [-0.05, 0) is 25.3 Å². The molecule has 1 fully saturated rings. The van der Waals surface area contributed by atoms with Crippen LogP contribution < -0.4 is 5.32 Å². The third kappa shape index (κ3) is 5.14. The number of piperidine rings is 1. The first-order valence-corrected chi connectivity index (χ1v) is 5.75. The van der Waals surface area contributed by atoms with Gasteiger partial charge in [-0.3, -0.25) is 4.79 Å². The van der Waals surface area contributed by atoms with E-state index in [2.05, 4.69) is 24.1 Å². The zero-order valence-corrected chi connectivity index (χ0v) is 9.70. The Bertz CT molecular complexity index is 207. The van der Waals surface area contributed by atoms with Crippen molar-refractivity contribution in [3.63, 3.8) is 0 Å². The number of aliphatic carboxylic acids is 1. The van der Waals surface area contributed by atoms with Crippen LogP contribution in [-0.2, 0) is 4.79 Å². The monoisotopic (exact) mass is 214 g/mol. The lowest BCUT2D eigenvalue weighted by Crippen LogP contribution is -2.47. The highest BCUT2D eigenvalue weighted by atomic mass is 16.4. The van der Waals surface area contributed by atoms with Crippen LogP contribution in [0.15, 0.2) is 0 Å². The van der Waals surface area contributed by atoms with Crippen LogP contribution in [0.3, 0.4) is 0 Å². The first kappa shape index (κ1) is 12.5. The van der Waals surface area contributed by atoms with Gasteiger partial charge in [0.05, 0.1) is 6.54 Å². The minimum Gasteiger partial charge on any atom is -0.480 e. The first-order chi connectivity index (χ1) is 7.08. The molecule has 0 aromatic rings. The smallest absolute Gasteiger partial charge is 0.317 e. The second-order valence-electron chi connectivity index (χ2n) is 4.77. The molecule has 0 aromatic heterocycles. The van der Waals surface area contributed by atoms with E-state index < -0.39 is 5.97 Å². The van der Waals surface area contributed by atoms with Gasteiger partial charge >= 0.3 is 5.97 Å². The molecule has 88 valence electrons. The molecule has 0 bridgehead atoms. The molecule has 1 atom stereocenters. The Balaban J connectivity index is 2.25. The SMILES string of the molecule is CC(C)CN1CCCC(NCC(=O)O)C1. The summed E-state index contributed by atoms with van der Waals surface area (Å²) in [4.78, 5) is 12.8.